The van der Waals surface area contributed by atoms with Crippen LogP contribution >= 0.6 is 0 Å². The maximum absolute atomic E-state index is 12.9. The molecule has 2 nitrogen and oxygen atoms in total. The highest BCUT2D eigenvalue weighted by molar-refractivity contribution is 5.27. The monoisotopic (exact) mass is 310 g/mol. The summed E-state index contributed by atoms with van der Waals surface area (Å²) < 4.78 is 18.5. The number of nitrogens with two attached hydrogens (primary N) is 1. The average Bonchev–Trinajstić information content (AvgIpc) is 3.11. The normalized spacial score (nSPS) is 12.2. The van der Waals surface area contributed by atoms with Gasteiger partial charge in [0.2, 0.25) is 0 Å². The van der Waals surface area contributed by atoms with Crippen molar-refractivity contribution in [3.63, 3.8) is 0 Å². The molecular formula is C20H21FNO+. The lowest BCUT2D eigenvalue weighted by atomic mass is 9.93. The summed E-state index contributed by atoms with van der Waals surface area (Å²) in [4.78, 5) is 0. The molecule has 1 aromatic heterocycles. The van der Waals surface area contributed by atoms with Crippen molar-refractivity contribution in [3.8, 4) is 0 Å². The molecule has 0 unspecified atom stereocenters. The van der Waals surface area contributed by atoms with Crippen LogP contribution in [0.5, 0.6) is 0 Å². The van der Waals surface area contributed by atoms with E-state index in [2.05, 4.69) is 29.6 Å². The lowest BCUT2D eigenvalue weighted by Crippen LogP contribution is -2.82. The third-order valence-electron chi connectivity index (χ3n) is 4.04. The molecule has 3 heteroatoms. The third-order valence-corrected chi connectivity index (χ3v) is 4.04. The van der Waals surface area contributed by atoms with Gasteiger partial charge in [-0.3, -0.25) is 0 Å². The predicted octanol–water partition coefficient (Wildman–Crippen LogP) is 3.70. The zero-order valence-corrected chi connectivity index (χ0v) is 13.0. The first-order valence-electron chi connectivity index (χ1n) is 7.97. The average molecular weight is 310 g/mol. The van der Waals surface area contributed by atoms with Crippen LogP contribution in [0.2, 0.25) is 0 Å². The molecule has 0 saturated carbocycles. The van der Waals surface area contributed by atoms with Crippen molar-refractivity contribution in [1.29, 1.82) is 0 Å². The van der Waals surface area contributed by atoms with E-state index in [1.807, 2.05) is 30.3 Å². The number of hydrogen-bond acceptors (Lipinski definition) is 1. The van der Waals surface area contributed by atoms with Gasteiger partial charge in [-0.2, -0.15) is 0 Å². The van der Waals surface area contributed by atoms with E-state index < -0.39 is 0 Å². The second-order valence-electron chi connectivity index (χ2n) is 5.68. The van der Waals surface area contributed by atoms with Crippen LogP contribution in [-0.4, -0.2) is 6.54 Å². The van der Waals surface area contributed by atoms with Gasteiger partial charge in [0.25, 0.3) is 0 Å². The number of hydrogen-bond donors (Lipinski definition) is 1. The second-order valence-corrected chi connectivity index (χ2v) is 5.68. The summed E-state index contributed by atoms with van der Waals surface area (Å²) in [6.45, 7) is 1.84. The van der Waals surface area contributed by atoms with Gasteiger partial charge in [0.15, 0.2) is 0 Å². The molecule has 3 rings (SSSR count). The highest BCUT2D eigenvalue weighted by atomic mass is 19.1. The molecule has 0 fully saturated rings. The Morgan fingerprint density at radius 1 is 0.913 bits per heavy atom. The largest absolute Gasteiger partial charge is 0.469 e. The van der Waals surface area contributed by atoms with Crippen molar-refractivity contribution in [2.24, 2.45) is 0 Å². The van der Waals surface area contributed by atoms with E-state index in [-0.39, 0.29) is 11.7 Å². The molecule has 0 amide bonds. The molecule has 0 radical (unpaired) electrons. The summed E-state index contributed by atoms with van der Waals surface area (Å²) in [5.74, 6) is 1.10. The Bertz CT molecular complexity index is 692. The number of benzene rings is 2. The number of quaternary nitrogens is 1. The van der Waals surface area contributed by atoms with Gasteiger partial charge in [-0.1, -0.05) is 42.5 Å². The zero-order valence-electron chi connectivity index (χ0n) is 13.0. The molecule has 0 saturated heterocycles. The van der Waals surface area contributed by atoms with Gasteiger partial charge >= 0.3 is 0 Å². The van der Waals surface area contributed by atoms with E-state index in [1.54, 1.807) is 6.26 Å². The number of rotatable bonds is 7. The van der Waals surface area contributed by atoms with Gasteiger partial charge in [0, 0.05) is 17.9 Å². The van der Waals surface area contributed by atoms with Gasteiger partial charge in [-0.25, -0.2) is 4.39 Å². The van der Waals surface area contributed by atoms with Crippen LogP contribution in [0.1, 0.15) is 29.2 Å². The van der Waals surface area contributed by atoms with E-state index in [4.69, 9.17) is 4.42 Å². The van der Waals surface area contributed by atoms with Crippen molar-refractivity contribution in [1.82, 2.24) is 0 Å². The highest BCUT2D eigenvalue weighted by Gasteiger charge is 2.17. The van der Waals surface area contributed by atoms with Crippen molar-refractivity contribution < 1.29 is 14.1 Å². The SMILES string of the molecule is Fc1ccc(C[NH2+]CC[C@H](c2ccccc2)c2ccco2)cc1. The standard InChI is InChI=1S/C20H20FNO/c21-18-10-8-16(9-11-18)15-22-13-12-19(20-7-4-14-23-20)17-5-2-1-3-6-17/h1-11,14,19,22H,12-13,15H2/p+1/t19-/m1/s1. The number of furan rings is 1. The fourth-order valence-electron chi connectivity index (χ4n) is 2.82. The van der Waals surface area contributed by atoms with Crippen LogP contribution in [0.3, 0.4) is 0 Å². The van der Waals surface area contributed by atoms with Crippen molar-refractivity contribution in [2.45, 2.75) is 18.9 Å². The van der Waals surface area contributed by atoms with E-state index in [9.17, 15) is 4.39 Å². The molecule has 118 valence electrons. The Morgan fingerprint density at radius 3 is 2.39 bits per heavy atom. The molecule has 0 aliphatic heterocycles. The van der Waals surface area contributed by atoms with Crippen molar-refractivity contribution in [2.75, 3.05) is 6.54 Å². The summed E-state index contributed by atoms with van der Waals surface area (Å²) in [5.41, 5.74) is 2.42. The molecule has 0 spiro atoms. The molecule has 2 N–H and O–H groups in total. The summed E-state index contributed by atoms with van der Waals surface area (Å²) >= 11 is 0. The second kappa shape index (κ2) is 7.75. The quantitative estimate of drug-likeness (QED) is 0.663. The van der Waals surface area contributed by atoms with E-state index in [0.29, 0.717) is 0 Å². The summed E-state index contributed by atoms with van der Waals surface area (Å²) in [5, 5.41) is 2.26. The van der Waals surface area contributed by atoms with Crippen LogP contribution in [0, 0.1) is 5.82 Å². The molecular weight excluding hydrogens is 289 g/mol. The first kappa shape index (κ1) is 15.5. The molecule has 0 aliphatic rings. The lowest BCUT2D eigenvalue weighted by Gasteiger charge is -2.14. The minimum Gasteiger partial charge on any atom is -0.469 e. The van der Waals surface area contributed by atoms with Crippen LogP contribution in [0.25, 0.3) is 0 Å². The molecule has 1 heterocycles. The fraction of sp³-hybridized carbons (Fsp3) is 0.200. The Balaban J connectivity index is 1.58. The molecule has 23 heavy (non-hydrogen) atoms. The van der Waals surface area contributed by atoms with Crippen LogP contribution in [0.15, 0.2) is 77.4 Å². The molecule has 3 aromatic rings. The highest BCUT2D eigenvalue weighted by Crippen LogP contribution is 2.27. The minimum absolute atomic E-state index is 0.185. The van der Waals surface area contributed by atoms with Crippen LogP contribution in [-0.2, 0) is 6.54 Å². The maximum Gasteiger partial charge on any atom is 0.123 e. The third kappa shape index (κ3) is 4.30. The Labute approximate surface area is 136 Å². The first-order valence-corrected chi connectivity index (χ1v) is 7.97. The van der Waals surface area contributed by atoms with Crippen LogP contribution in [0.4, 0.5) is 4.39 Å². The zero-order chi connectivity index (χ0) is 15.9. The lowest BCUT2D eigenvalue weighted by molar-refractivity contribution is -0.671. The van der Waals surface area contributed by atoms with Crippen LogP contribution < -0.4 is 5.32 Å². The smallest absolute Gasteiger partial charge is 0.123 e. The summed E-state index contributed by atoms with van der Waals surface area (Å²) in [6.07, 6.45) is 2.73. The van der Waals surface area contributed by atoms with Gasteiger partial charge in [0.05, 0.1) is 12.8 Å². The predicted molar refractivity (Wildman–Crippen MR) is 88.5 cm³/mol. The summed E-state index contributed by atoms with van der Waals surface area (Å²) in [6, 6.07) is 21.1. The Morgan fingerprint density at radius 2 is 1.70 bits per heavy atom. The molecule has 0 aliphatic carbocycles. The van der Waals surface area contributed by atoms with Gasteiger partial charge < -0.3 is 9.73 Å². The first-order chi connectivity index (χ1) is 11.3. The van der Waals surface area contributed by atoms with Crippen molar-refractivity contribution in [3.05, 3.63) is 95.7 Å². The van der Waals surface area contributed by atoms with Gasteiger partial charge in [-0.15, -0.1) is 0 Å². The van der Waals surface area contributed by atoms with Gasteiger partial charge in [-0.05, 0) is 29.8 Å². The Kier molecular flexibility index (Phi) is 5.22. The molecule has 1 atom stereocenters. The van der Waals surface area contributed by atoms with Crippen molar-refractivity contribution >= 4 is 0 Å². The summed E-state index contributed by atoms with van der Waals surface area (Å²) in [7, 11) is 0. The van der Waals surface area contributed by atoms with E-state index >= 15 is 0 Å². The minimum atomic E-state index is -0.185. The van der Waals surface area contributed by atoms with E-state index in [0.717, 1.165) is 30.8 Å². The maximum atomic E-state index is 12.9. The number of halogens is 1. The molecule has 0 bridgehead atoms. The Hall–Kier alpha value is -2.39. The van der Waals surface area contributed by atoms with Gasteiger partial charge in [0.1, 0.15) is 18.1 Å². The topological polar surface area (TPSA) is 29.8 Å². The fourth-order valence-corrected chi connectivity index (χ4v) is 2.82. The molecule has 2 aromatic carbocycles. The van der Waals surface area contributed by atoms with E-state index in [1.165, 1.54) is 17.7 Å².